The first kappa shape index (κ1) is 32.6. The van der Waals surface area contributed by atoms with Gasteiger partial charge in [-0.1, -0.05) is 60.7 Å². The van der Waals surface area contributed by atoms with Crippen LogP contribution in [0.5, 0.6) is 11.5 Å². The molecule has 0 aliphatic carbocycles. The summed E-state index contributed by atoms with van der Waals surface area (Å²) in [4.78, 5) is 9.39. The van der Waals surface area contributed by atoms with E-state index >= 15 is 0 Å². The maximum atomic E-state index is 6.01. The molecule has 0 N–H and O–H groups in total. The number of rotatable bonds is 21. The minimum atomic E-state index is 0.439. The molecule has 0 amide bonds. The minimum absolute atomic E-state index is 0.439. The lowest BCUT2D eigenvalue weighted by molar-refractivity contribution is 0.0450. The van der Waals surface area contributed by atoms with Gasteiger partial charge in [-0.05, 0) is 24.3 Å². The van der Waals surface area contributed by atoms with Gasteiger partial charge in [-0.2, -0.15) is 0 Å². The maximum Gasteiger partial charge on any atom is 0.127 e. The van der Waals surface area contributed by atoms with Crippen LogP contribution in [-0.4, -0.2) is 76.0 Å². The summed E-state index contributed by atoms with van der Waals surface area (Å²) in [5, 5.41) is 0. The van der Waals surface area contributed by atoms with Crippen LogP contribution < -0.4 is 9.47 Å². The van der Waals surface area contributed by atoms with Crippen LogP contribution in [0.2, 0.25) is 0 Å². The minimum Gasteiger partial charge on any atom is -0.491 e. The normalized spacial score (nSPS) is 10.8. The van der Waals surface area contributed by atoms with Gasteiger partial charge in [0.25, 0.3) is 0 Å². The van der Waals surface area contributed by atoms with E-state index in [4.69, 9.17) is 38.4 Å². The van der Waals surface area contributed by atoms with E-state index in [1.165, 1.54) is 0 Å². The number of ether oxygens (including phenoxy) is 6. The molecule has 8 heteroatoms. The Kier molecular flexibility index (Phi) is 14.1. The van der Waals surface area contributed by atoms with Crippen molar-refractivity contribution in [3.63, 3.8) is 0 Å². The van der Waals surface area contributed by atoms with E-state index < -0.39 is 0 Å². The molecule has 4 aromatic rings. The Morgan fingerprint density at radius 1 is 0.477 bits per heavy atom. The van der Waals surface area contributed by atoms with E-state index in [0.717, 1.165) is 45.1 Å². The summed E-state index contributed by atoms with van der Waals surface area (Å²) >= 11 is 0. The van der Waals surface area contributed by atoms with Crippen molar-refractivity contribution in [2.45, 2.75) is 0 Å². The fraction of sp³-hybridized carbons (Fsp3) is 0.278. The fourth-order valence-electron chi connectivity index (χ4n) is 4.27. The lowest BCUT2D eigenvalue weighted by atomic mass is 10.0. The molecule has 0 spiro atoms. The van der Waals surface area contributed by atoms with Crippen LogP contribution in [0.15, 0.2) is 111 Å². The molecule has 2 heterocycles. The van der Waals surface area contributed by atoms with Gasteiger partial charge in [0, 0.05) is 34.6 Å². The Labute approximate surface area is 259 Å². The summed E-state index contributed by atoms with van der Waals surface area (Å²) in [6.45, 7) is 12.2. The molecule has 2 aromatic carbocycles. The van der Waals surface area contributed by atoms with E-state index in [1.54, 1.807) is 12.2 Å². The predicted octanol–water partition coefficient (Wildman–Crippen LogP) is 6.67. The highest BCUT2D eigenvalue weighted by atomic mass is 16.5. The van der Waals surface area contributed by atoms with Gasteiger partial charge < -0.3 is 28.4 Å². The van der Waals surface area contributed by atoms with Crippen LogP contribution >= 0.6 is 0 Å². The number of para-hydroxylation sites is 2. The van der Waals surface area contributed by atoms with E-state index in [0.29, 0.717) is 66.1 Å². The van der Waals surface area contributed by atoms with Gasteiger partial charge in [-0.25, -0.2) is 0 Å². The lowest BCUT2D eigenvalue weighted by Crippen LogP contribution is -2.11. The second kappa shape index (κ2) is 19.0. The third kappa shape index (κ3) is 10.4. The van der Waals surface area contributed by atoms with Crippen LogP contribution in [0.25, 0.3) is 33.6 Å². The third-order valence-corrected chi connectivity index (χ3v) is 6.37. The zero-order valence-corrected chi connectivity index (χ0v) is 25.1. The van der Waals surface area contributed by atoms with Gasteiger partial charge in [0.15, 0.2) is 0 Å². The topological polar surface area (TPSA) is 81.2 Å². The number of pyridine rings is 2. The summed E-state index contributed by atoms with van der Waals surface area (Å²) in [7, 11) is 0. The first-order chi connectivity index (χ1) is 21.8. The Hall–Kier alpha value is -4.34. The molecule has 0 unspecified atom stereocenters. The smallest absolute Gasteiger partial charge is 0.127 e. The van der Waals surface area contributed by atoms with Crippen molar-refractivity contribution in [1.29, 1.82) is 0 Å². The average Bonchev–Trinajstić information content (AvgIpc) is 3.08. The molecule has 0 saturated heterocycles. The molecule has 0 fully saturated rings. The zero-order chi connectivity index (χ0) is 30.7. The summed E-state index contributed by atoms with van der Waals surface area (Å²) in [5.74, 6) is 1.56. The molecule has 0 bridgehead atoms. The van der Waals surface area contributed by atoms with Gasteiger partial charge in [-0.15, -0.1) is 13.2 Å². The molecule has 2 aromatic heterocycles. The van der Waals surface area contributed by atoms with Crippen LogP contribution in [0.3, 0.4) is 0 Å². The molecule has 0 saturated carbocycles. The van der Waals surface area contributed by atoms with Crippen molar-refractivity contribution in [3.8, 4) is 45.1 Å². The first-order valence-corrected chi connectivity index (χ1v) is 14.7. The number of nitrogens with zero attached hydrogens (tertiary/aromatic N) is 2. The molecule has 230 valence electrons. The highest BCUT2D eigenvalue weighted by molar-refractivity contribution is 5.73. The fourth-order valence-corrected chi connectivity index (χ4v) is 4.27. The number of hydrogen-bond acceptors (Lipinski definition) is 8. The van der Waals surface area contributed by atoms with Crippen molar-refractivity contribution in [1.82, 2.24) is 9.97 Å². The quantitative estimate of drug-likeness (QED) is 0.0779. The molecular formula is C36H40N2O6. The van der Waals surface area contributed by atoms with Crippen molar-refractivity contribution < 1.29 is 28.4 Å². The number of hydrogen-bond donors (Lipinski definition) is 0. The number of aromatic nitrogens is 2. The zero-order valence-electron chi connectivity index (χ0n) is 25.1. The maximum absolute atomic E-state index is 6.01. The molecule has 8 nitrogen and oxygen atoms in total. The molecule has 44 heavy (non-hydrogen) atoms. The van der Waals surface area contributed by atoms with E-state index in [-0.39, 0.29) is 0 Å². The van der Waals surface area contributed by atoms with Gasteiger partial charge in [0.2, 0.25) is 0 Å². The Morgan fingerprint density at radius 2 is 0.886 bits per heavy atom. The molecular weight excluding hydrogens is 556 g/mol. The molecule has 0 aliphatic rings. The van der Waals surface area contributed by atoms with E-state index in [2.05, 4.69) is 13.2 Å². The van der Waals surface area contributed by atoms with Gasteiger partial charge in [0.1, 0.15) is 24.7 Å². The largest absolute Gasteiger partial charge is 0.491 e. The summed E-state index contributed by atoms with van der Waals surface area (Å²) < 4.78 is 33.8. The van der Waals surface area contributed by atoms with E-state index in [9.17, 15) is 0 Å². The van der Waals surface area contributed by atoms with Crippen LogP contribution in [-0.2, 0) is 18.9 Å². The molecule has 0 atom stereocenters. The van der Waals surface area contributed by atoms with Gasteiger partial charge >= 0.3 is 0 Å². The molecule has 0 radical (unpaired) electrons. The van der Waals surface area contributed by atoms with Gasteiger partial charge in [-0.3, -0.25) is 9.97 Å². The summed E-state index contributed by atoms with van der Waals surface area (Å²) in [6.07, 6.45) is 7.13. The van der Waals surface area contributed by atoms with Crippen LogP contribution in [0.1, 0.15) is 0 Å². The summed E-state index contributed by atoms with van der Waals surface area (Å²) in [5.41, 5.74) is 5.41. The average molecular weight is 597 g/mol. The van der Waals surface area contributed by atoms with Crippen molar-refractivity contribution in [3.05, 3.63) is 111 Å². The first-order valence-electron chi connectivity index (χ1n) is 14.7. The van der Waals surface area contributed by atoms with Gasteiger partial charge in [0.05, 0.1) is 64.2 Å². The second-order valence-corrected chi connectivity index (χ2v) is 9.51. The van der Waals surface area contributed by atoms with Crippen molar-refractivity contribution in [2.75, 3.05) is 66.1 Å². The molecule has 4 rings (SSSR count). The SMILES string of the molecule is C=CCOCCOCCOc1ccccc1-c1ccc(-c2ccc(-c3ccccc3OCCOCCOCC=C)cn2)nc1. The standard InChI is InChI=1S/C36H40N2O6/c1-3-17-39-19-21-41-23-25-43-35-11-7-5-9-31(35)29-13-15-33(37-27-29)34-16-14-30(28-38-34)32-10-6-8-12-36(32)44-26-24-42-22-20-40-18-4-2/h3-16,27-28H,1-2,17-26H2. The lowest BCUT2D eigenvalue weighted by Gasteiger charge is -2.13. The molecule has 0 aliphatic heterocycles. The Bertz CT molecular complexity index is 1300. The van der Waals surface area contributed by atoms with E-state index in [1.807, 2.05) is 85.2 Å². The predicted molar refractivity (Wildman–Crippen MR) is 173 cm³/mol. The Morgan fingerprint density at radius 3 is 1.30 bits per heavy atom. The highest BCUT2D eigenvalue weighted by Crippen LogP contribution is 2.32. The van der Waals surface area contributed by atoms with Crippen molar-refractivity contribution in [2.24, 2.45) is 0 Å². The second-order valence-electron chi connectivity index (χ2n) is 9.51. The highest BCUT2D eigenvalue weighted by Gasteiger charge is 2.10. The Balaban J connectivity index is 1.31. The number of benzene rings is 2. The van der Waals surface area contributed by atoms with Crippen molar-refractivity contribution >= 4 is 0 Å². The summed E-state index contributed by atoms with van der Waals surface area (Å²) in [6, 6.07) is 23.8. The van der Waals surface area contributed by atoms with Crippen LogP contribution in [0, 0.1) is 0 Å². The monoisotopic (exact) mass is 596 g/mol. The van der Waals surface area contributed by atoms with Crippen LogP contribution in [0.4, 0.5) is 0 Å². The third-order valence-electron chi connectivity index (χ3n) is 6.37.